The van der Waals surface area contributed by atoms with E-state index in [9.17, 15) is 18.3 Å². The normalized spacial score (nSPS) is 12.0. The van der Waals surface area contributed by atoms with Crippen molar-refractivity contribution < 1.29 is 23.0 Å². The fourth-order valence-corrected chi connectivity index (χ4v) is 1.67. The Morgan fingerprint density at radius 3 is 2.19 bits per heavy atom. The van der Waals surface area contributed by atoms with E-state index in [1.54, 1.807) is 0 Å². The minimum Gasteiger partial charge on any atom is -0.491 e. The molecule has 2 aromatic rings. The zero-order chi connectivity index (χ0) is 15.2. The second-order valence-corrected chi connectivity index (χ2v) is 4.46. The maximum absolute atomic E-state index is 13.0. The van der Waals surface area contributed by atoms with Crippen molar-refractivity contribution >= 4 is 5.69 Å². The molecule has 0 saturated carbocycles. The number of hydrogen-bond acceptors (Lipinski definition) is 3. The smallest absolute Gasteiger partial charge is 0.128 e. The van der Waals surface area contributed by atoms with Crippen molar-refractivity contribution in [2.75, 3.05) is 18.5 Å². The van der Waals surface area contributed by atoms with Crippen LogP contribution in [0.15, 0.2) is 42.5 Å². The van der Waals surface area contributed by atoms with E-state index in [0.717, 1.165) is 18.2 Å². The van der Waals surface area contributed by atoms with Crippen LogP contribution >= 0.6 is 0 Å². The van der Waals surface area contributed by atoms with E-state index in [4.69, 9.17) is 4.74 Å². The Hall–Kier alpha value is -2.21. The van der Waals surface area contributed by atoms with Crippen LogP contribution in [0.5, 0.6) is 5.75 Å². The van der Waals surface area contributed by atoms with Gasteiger partial charge in [-0.1, -0.05) is 0 Å². The summed E-state index contributed by atoms with van der Waals surface area (Å²) >= 11 is 0. The number of benzene rings is 2. The van der Waals surface area contributed by atoms with Crippen LogP contribution in [0.4, 0.5) is 18.9 Å². The van der Waals surface area contributed by atoms with Crippen LogP contribution in [0.1, 0.15) is 0 Å². The summed E-state index contributed by atoms with van der Waals surface area (Å²) in [6.45, 7) is 0.0283. The van der Waals surface area contributed by atoms with Crippen LogP contribution in [-0.2, 0) is 0 Å². The first kappa shape index (κ1) is 15.2. The quantitative estimate of drug-likeness (QED) is 0.861. The molecular formula is C15H14F3NO2. The maximum Gasteiger partial charge on any atom is 0.128 e. The van der Waals surface area contributed by atoms with Crippen molar-refractivity contribution in [1.29, 1.82) is 0 Å². The lowest BCUT2D eigenvalue weighted by atomic mass is 10.3. The van der Waals surface area contributed by atoms with E-state index in [-0.39, 0.29) is 24.7 Å². The van der Waals surface area contributed by atoms with Crippen molar-refractivity contribution in [1.82, 2.24) is 0 Å². The predicted octanol–water partition coefficient (Wildman–Crippen LogP) is 2.96. The van der Waals surface area contributed by atoms with Crippen LogP contribution in [-0.4, -0.2) is 24.4 Å². The molecule has 0 aromatic heterocycles. The van der Waals surface area contributed by atoms with Crippen molar-refractivity contribution in [3.8, 4) is 5.75 Å². The van der Waals surface area contributed by atoms with Gasteiger partial charge in [0.25, 0.3) is 0 Å². The molecule has 0 bridgehead atoms. The molecule has 2 rings (SSSR count). The average Bonchev–Trinajstić information content (AvgIpc) is 2.43. The molecule has 0 amide bonds. The van der Waals surface area contributed by atoms with Gasteiger partial charge in [-0.2, -0.15) is 0 Å². The highest BCUT2D eigenvalue weighted by molar-refractivity contribution is 5.43. The van der Waals surface area contributed by atoms with Crippen molar-refractivity contribution in [2.24, 2.45) is 0 Å². The molecule has 0 aliphatic heterocycles. The Balaban J connectivity index is 1.79. The summed E-state index contributed by atoms with van der Waals surface area (Å²) in [5, 5.41) is 12.4. The van der Waals surface area contributed by atoms with E-state index in [1.807, 2.05) is 0 Å². The molecule has 0 spiro atoms. The summed E-state index contributed by atoms with van der Waals surface area (Å²) in [5.74, 6) is -1.35. The Morgan fingerprint density at radius 1 is 0.952 bits per heavy atom. The van der Waals surface area contributed by atoms with Crippen LogP contribution in [0.3, 0.4) is 0 Å². The third-order valence-corrected chi connectivity index (χ3v) is 2.66. The number of ether oxygens (including phenoxy) is 1. The van der Waals surface area contributed by atoms with E-state index in [2.05, 4.69) is 5.32 Å². The van der Waals surface area contributed by atoms with Gasteiger partial charge in [-0.15, -0.1) is 0 Å². The number of rotatable bonds is 6. The number of hydrogen-bond donors (Lipinski definition) is 2. The van der Waals surface area contributed by atoms with Gasteiger partial charge in [0, 0.05) is 18.3 Å². The summed E-state index contributed by atoms with van der Waals surface area (Å²) in [6, 6.07) is 8.38. The number of halogens is 3. The molecule has 3 nitrogen and oxygen atoms in total. The molecular weight excluding hydrogens is 283 g/mol. The summed E-state index contributed by atoms with van der Waals surface area (Å²) in [5.41, 5.74) is 0.230. The molecule has 1 unspecified atom stereocenters. The first-order valence-corrected chi connectivity index (χ1v) is 6.29. The van der Waals surface area contributed by atoms with Crippen LogP contribution in [0.2, 0.25) is 0 Å². The Labute approximate surface area is 120 Å². The highest BCUT2D eigenvalue weighted by Crippen LogP contribution is 2.13. The Kier molecular flexibility index (Phi) is 5.05. The lowest BCUT2D eigenvalue weighted by molar-refractivity contribution is 0.117. The SMILES string of the molecule is OC(CNc1cc(F)cc(F)c1)COc1ccc(F)cc1. The van der Waals surface area contributed by atoms with E-state index in [1.165, 1.54) is 24.3 Å². The van der Waals surface area contributed by atoms with Gasteiger partial charge in [0.1, 0.15) is 35.9 Å². The van der Waals surface area contributed by atoms with Crippen LogP contribution < -0.4 is 10.1 Å². The monoisotopic (exact) mass is 297 g/mol. The fraction of sp³-hybridized carbons (Fsp3) is 0.200. The van der Waals surface area contributed by atoms with Gasteiger partial charge >= 0.3 is 0 Å². The molecule has 0 radical (unpaired) electrons. The highest BCUT2D eigenvalue weighted by Gasteiger charge is 2.07. The van der Waals surface area contributed by atoms with Crippen molar-refractivity contribution in [3.63, 3.8) is 0 Å². The first-order chi connectivity index (χ1) is 10.0. The van der Waals surface area contributed by atoms with Crippen molar-refractivity contribution in [2.45, 2.75) is 6.10 Å². The van der Waals surface area contributed by atoms with Gasteiger partial charge in [-0.3, -0.25) is 0 Å². The van der Waals surface area contributed by atoms with Gasteiger partial charge in [0.2, 0.25) is 0 Å². The van der Waals surface area contributed by atoms with Gasteiger partial charge < -0.3 is 15.2 Å². The summed E-state index contributed by atoms with van der Waals surface area (Å²) in [7, 11) is 0. The summed E-state index contributed by atoms with van der Waals surface area (Å²) < 4.78 is 43.9. The Bertz CT molecular complexity index is 570. The van der Waals surface area contributed by atoms with E-state index in [0.29, 0.717) is 5.75 Å². The molecule has 0 aliphatic carbocycles. The van der Waals surface area contributed by atoms with Crippen LogP contribution in [0, 0.1) is 17.5 Å². The number of anilines is 1. The molecule has 112 valence electrons. The lowest BCUT2D eigenvalue weighted by Crippen LogP contribution is -2.26. The zero-order valence-corrected chi connectivity index (χ0v) is 11.0. The van der Waals surface area contributed by atoms with Crippen molar-refractivity contribution in [3.05, 3.63) is 59.9 Å². The molecule has 1 atom stereocenters. The second kappa shape index (κ2) is 6.99. The largest absolute Gasteiger partial charge is 0.491 e. The second-order valence-electron chi connectivity index (χ2n) is 4.46. The van der Waals surface area contributed by atoms with Gasteiger partial charge in [0.05, 0.1) is 0 Å². The minimum absolute atomic E-state index is 0.0313. The third kappa shape index (κ3) is 5.00. The summed E-state index contributed by atoms with van der Waals surface area (Å²) in [6.07, 6.45) is -0.888. The molecule has 2 N–H and O–H groups in total. The highest BCUT2D eigenvalue weighted by atomic mass is 19.1. The van der Waals surface area contributed by atoms with Gasteiger partial charge in [-0.05, 0) is 36.4 Å². The first-order valence-electron chi connectivity index (χ1n) is 6.29. The standard InChI is InChI=1S/C15H14F3NO2/c16-10-1-3-15(4-2-10)21-9-14(20)8-19-13-6-11(17)5-12(18)7-13/h1-7,14,19-20H,8-9H2. The number of nitrogens with one attached hydrogen (secondary N) is 1. The molecule has 2 aromatic carbocycles. The van der Waals surface area contributed by atoms with Gasteiger partial charge in [-0.25, -0.2) is 13.2 Å². The maximum atomic E-state index is 13.0. The molecule has 0 saturated heterocycles. The predicted molar refractivity (Wildman–Crippen MR) is 72.7 cm³/mol. The molecule has 0 fully saturated rings. The molecule has 6 heteroatoms. The van der Waals surface area contributed by atoms with Gasteiger partial charge in [0.15, 0.2) is 0 Å². The average molecular weight is 297 g/mol. The van der Waals surface area contributed by atoms with E-state index < -0.39 is 17.7 Å². The molecule has 21 heavy (non-hydrogen) atoms. The Morgan fingerprint density at radius 2 is 1.57 bits per heavy atom. The summed E-state index contributed by atoms with van der Waals surface area (Å²) in [4.78, 5) is 0. The lowest BCUT2D eigenvalue weighted by Gasteiger charge is -2.14. The molecule has 0 heterocycles. The number of aliphatic hydroxyl groups is 1. The molecule has 0 aliphatic rings. The van der Waals surface area contributed by atoms with E-state index >= 15 is 0 Å². The van der Waals surface area contributed by atoms with Crippen LogP contribution in [0.25, 0.3) is 0 Å². The fourth-order valence-electron chi connectivity index (χ4n) is 1.67. The number of aliphatic hydroxyl groups excluding tert-OH is 1. The zero-order valence-electron chi connectivity index (χ0n) is 11.0. The minimum atomic E-state index is -0.888. The third-order valence-electron chi connectivity index (χ3n) is 2.66. The topological polar surface area (TPSA) is 41.5 Å².